The molecule has 0 saturated heterocycles. The van der Waals surface area contributed by atoms with E-state index in [0.29, 0.717) is 12.2 Å². The maximum absolute atomic E-state index is 10.8. The van der Waals surface area contributed by atoms with Crippen molar-refractivity contribution in [3.8, 4) is 34.5 Å². The Morgan fingerprint density at radius 2 is 1.13 bits per heavy atom. The van der Waals surface area contributed by atoms with Crippen LogP contribution in [0.3, 0.4) is 0 Å². The maximum atomic E-state index is 10.8. The molecular weight excluding hydrogens is 985 g/mol. The molecule has 6 atom stereocenters. The Morgan fingerprint density at radius 1 is 0.608 bits per heavy atom. The number of hydrogen-bond acceptors (Lipinski definition) is 8. The number of fused-ring (bicyclic) bond motifs is 6. The Hall–Kier alpha value is -6.62. The van der Waals surface area contributed by atoms with Crippen LogP contribution in [0.5, 0.6) is 34.5 Å². The molecule has 2 aliphatic heterocycles. The maximum Gasteiger partial charge on any atom is 0.165 e. The molecule has 2 aliphatic carbocycles. The molecule has 0 spiro atoms. The molecule has 10 heteroatoms. The van der Waals surface area contributed by atoms with Gasteiger partial charge in [-0.25, -0.2) is 0 Å². The molecule has 0 bridgehead atoms. The van der Waals surface area contributed by atoms with Gasteiger partial charge >= 0.3 is 0 Å². The average Bonchev–Trinajstić information content (AvgIpc) is 4.25. The fraction of sp³-hybridized carbons (Fsp3) is 0.449. The van der Waals surface area contributed by atoms with Crippen molar-refractivity contribution in [3.63, 3.8) is 0 Å². The number of phenolic OH excluding ortho intramolecular Hbond substituents is 2. The molecule has 4 aromatic carbocycles. The Bertz CT molecular complexity index is 3390. The van der Waals surface area contributed by atoms with Crippen molar-refractivity contribution in [1.82, 2.24) is 9.97 Å². The van der Waals surface area contributed by atoms with Crippen molar-refractivity contribution in [2.75, 3.05) is 14.2 Å². The van der Waals surface area contributed by atoms with Crippen LogP contribution in [-0.4, -0.2) is 68.0 Å². The zero-order chi connectivity index (χ0) is 56.8. The predicted molar refractivity (Wildman–Crippen MR) is 324 cm³/mol. The molecular formula is C69H86N2O8. The van der Waals surface area contributed by atoms with E-state index in [1.54, 1.807) is 26.4 Å². The predicted octanol–water partition coefficient (Wildman–Crippen LogP) is 15.8. The van der Waals surface area contributed by atoms with Crippen LogP contribution < -0.4 is 18.9 Å². The molecule has 0 radical (unpaired) electrons. The number of aromatic amines is 2. The molecule has 4 heterocycles. The topological polar surface area (TPSA) is 149 Å². The zero-order valence-corrected chi connectivity index (χ0v) is 49.1. The smallest absolute Gasteiger partial charge is 0.165 e. The fourth-order valence-electron chi connectivity index (χ4n) is 13.3. The second-order valence-electron chi connectivity index (χ2n) is 25.3. The number of rotatable bonds is 13. The first kappa shape index (κ1) is 57.1. The van der Waals surface area contributed by atoms with Crippen LogP contribution in [0, 0.1) is 22.7 Å². The lowest BCUT2D eigenvalue weighted by Gasteiger charge is -2.55. The summed E-state index contributed by atoms with van der Waals surface area (Å²) in [5, 5.41) is 44.9. The van der Waals surface area contributed by atoms with E-state index in [4.69, 9.17) is 18.9 Å². The second kappa shape index (κ2) is 22.5. The van der Waals surface area contributed by atoms with Crippen molar-refractivity contribution in [2.24, 2.45) is 22.7 Å². The highest BCUT2D eigenvalue weighted by Gasteiger charge is 2.56. The molecule has 10 nitrogen and oxygen atoms in total. The van der Waals surface area contributed by atoms with Crippen LogP contribution >= 0.6 is 0 Å². The molecule has 4 aliphatic rings. The van der Waals surface area contributed by atoms with Gasteiger partial charge in [-0.1, -0.05) is 86.9 Å². The van der Waals surface area contributed by atoms with Crippen LogP contribution in [0.2, 0.25) is 0 Å². The van der Waals surface area contributed by atoms with Crippen molar-refractivity contribution in [3.05, 3.63) is 140 Å². The van der Waals surface area contributed by atoms with Crippen molar-refractivity contribution < 1.29 is 39.4 Å². The standard InChI is InChI=1S/C38H49NO4.C31H37NO4/c1-24(2)10-9-11-25(3)12-15-28-23-39-30-19-27(20-31(41-7)35(28)30)14-13-26-18-29-22-33-37(4,5)34(40)16-17-38(33,6)43-36(29)32(21-26)42-8;1-18(2)6-9-22-17-23-24(32-22)13-20(14-25(23)33)8-7-19-12-21-16-27-30(3,4)28(35)10-11-31(27,5)36-29(21)26(34)15-19/h10,12-14,18-21,23,33-34,39-40H,9,11,15-17,22H2,1-8H3;6-8,12-15,17,27-28,32-35H,9-11,16H2,1-5H3/b14-13+,25-12+;8-7+/t33-,34-,38-;27-,28-,31-/m11/s1. The Morgan fingerprint density at radius 3 is 1.72 bits per heavy atom. The number of phenols is 2. The molecule has 2 aromatic heterocycles. The van der Waals surface area contributed by atoms with Crippen LogP contribution in [0.4, 0.5) is 0 Å². The van der Waals surface area contributed by atoms with E-state index >= 15 is 0 Å². The van der Waals surface area contributed by atoms with Crippen LogP contribution in [-0.2, 0) is 25.7 Å². The summed E-state index contributed by atoms with van der Waals surface area (Å²) >= 11 is 0. The fourth-order valence-corrected chi connectivity index (χ4v) is 13.3. The van der Waals surface area contributed by atoms with Crippen LogP contribution in [0.1, 0.15) is 159 Å². The van der Waals surface area contributed by atoms with Crippen molar-refractivity contribution >= 4 is 46.1 Å². The lowest BCUT2D eigenvalue weighted by molar-refractivity contribution is -0.138. The van der Waals surface area contributed by atoms with Gasteiger partial charge in [0, 0.05) is 46.4 Å². The van der Waals surface area contributed by atoms with Gasteiger partial charge in [0.25, 0.3) is 0 Å². The number of aliphatic hydroxyl groups excluding tert-OH is 2. The largest absolute Gasteiger partial charge is 0.507 e. The molecule has 0 amide bonds. The van der Waals surface area contributed by atoms with Gasteiger partial charge in [-0.2, -0.15) is 0 Å². The minimum absolute atomic E-state index is 0.141. The number of aromatic nitrogens is 2. The molecule has 79 heavy (non-hydrogen) atoms. The second-order valence-corrected chi connectivity index (χ2v) is 25.3. The number of aliphatic hydroxyl groups is 2. The SMILES string of the molecule is CC(C)=CCc1cc2c(O)cc(/C=C/c3cc(O)c4c(c3)C[C@@H]3C(C)(C)[C@H](O)CC[C@@]3(C)O4)cc2[nH]1.COc1cc(/C=C/c2cc(OC)c3c(C/C=C(\C)CCC=C(C)C)c[nH]c3c2)cc2c1O[C@]1(C)CC[C@@H](O)C(C)(C)[C@H]1C2. The summed E-state index contributed by atoms with van der Waals surface area (Å²) in [5.74, 6) is 3.77. The molecule has 10 rings (SSSR count). The summed E-state index contributed by atoms with van der Waals surface area (Å²) < 4.78 is 24.8. The van der Waals surface area contributed by atoms with Crippen LogP contribution in [0.15, 0.2) is 95.7 Å². The third-order valence-corrected chi connectivity index (χ3v) is 18.2. The summed E-state index contributed by atoms with van der Waals surface area (Å²) in [6.07, 6.45) is 24.8. The van der Waals surface area contributed by atoms with E-state index in [1.165, 1.54) is 22.3 Å². The molecule has 6 N–H and O–H groups in total. The monoisotopic (exact) mass is 1070 g/mol. The number of ether oxygens (including phenoxy) is 4. The lowest BCUT2D eigenvalue weighted by atomic mass is 9.57. The summed E-state index contributed by atoms with van der Waals surface area (Å²) in [5.41, 5.74) is 13.0. The highest BCUT2D eigenvalue weighted by molar-refractivity contribution is 5.93. The number of benzene rings is 4. The minimum atomic E-state index is -0.405. The van der Waals surface area contributed by atoms with Gasteiger partial charge in [0.1, 0.15) is 22.7 Å². The minimum Gasteiger partial charge on any atom is -0.507 e. The van der Waals surface area contributed by atoms with Gasteiger partial charge in [0.05, 0.1) is 31.9 Å². The van der Waals surface area contributed by atoms with Crippen molar-refractivity contribution in [2.45, 2.75) is 164 Å². The molecule has 420 valence electrons. The Kier molecular flexibility index (Phi) is 16.3. The number of allylic oxidation sites excluding steroid dienone is 6. The number of nitrogens with one attached hydrogen (secondary N) is 2. The highest BCUT2D eigenvalue weighted by Crippen LogP contribution is 2.56. The van der Waals surface area contributed by atoms with E-state index in [-0.39, 0.29) is 52.0 Å². The quantitative estimate of drug-likeness (QED) is 0.0495. The van der Waals surface area contributed by atoms with Gasteiger partial charge in [-0.3, -0.25) is 0 Å². The number of methoxy groups -OCH3 is 2. The molecule has 0 unspecified atom stereocenters. The van der Waals surface area contributed by atoms with Crippen molar-refractivity contribution in [1.29, 1.82) is 0 Å². The average molecular weight is 1070 g/mol. The first-order chi connectivity index (χ1) is 37.4. The zero-order valence-electron chi connectivity index (χ0n) is 49.1. The van der Waals surface area contributed by atoms with Gasteiger partial charge in [0.2, 0.25) is 0 Å². The third-order valence-electron chi connectivity index (χ3n) is 18.2. The molecule has 6 aromatic rings. The molecule has 2 fully saturated rings. The van der Waals surface area contributed by atoms with Gasteiger partial charge in [0.15, 0.2) is 23.0 Å². The summed E-state index contributed by atoms with van der Waals surface area (Å²) in [6.45, 7) is 23.6. The van der Waals surface area contributed by atoms with E-state index in [2.05, 4.69) is 153 Å². The Balaban J connectivity index is 0.000000195. The molecule has 2 saturated carbocycles. The number of hydrogen-bond donors (Lipinski definition) is 6. The summed E-state index contributed by atoms with van der Waals surface area (Å²) in [4.78, 5) is 6.88. The van der Waals surface area contributed by atoms with E-state index < -0.39 is 5.60 Å². The van der Waals surface area contributed by atoms with E-state index in [0.717, 1.165) is 136 Å². The number of H-pyrrole nitrogens is 2. The van der Waals surface area contributed by atoms with Gasteiger partial charge in [-0.05, 0) is 211 Å². The summed E-state index contributed by atoms with van der Waals surface area (Å²) in [7, 11) is 3.45. The van der Waals surface area contributed by atoms with E-state index in [9.17, 15) is 20.4 Å². The Labute approximate surface area is 469 Å². The first-order valence-corrected chi connectivity index (χ1v) is 28.5. The lowest BCUT2D eigenvalue weighted by Crippen LogP contribution is -2.58. The number of aromatic hydroxyl groups is 2. The summed E-state index contributed by atoms with van der Waals surface area (Å²) in [6, 6.07) is 18.1. The van der Waals surface area contributed by atoms with E-state index in [1.807, 2.05) is 24.3 Å². The highest BCUT2D eigenvalue weighted by atomic mass is 16.5. The first-order valence-electron chi connectivity index (χ1n) is 28.5. The third kappa shape index (κ3) is 11.8. The normalized spacial score (nSPS) is 23.9. The van der Waals surface area contributed by atoms with Crippen LogP contribution in [0.25, 0.3) is 46.1 Å². The van der Waals surface area contributed by atoms with Gasteiger partial charge in [-0.15, -0.1) is 0 Å². The van der Waals surface area contributed by atoms with Gasteiger partial charge < -0.3 is 49.3 Å².